The van der Waals surface area contributed by atoms with Crippen LogP contribution in [0.15, 0.2) is 18.3 Å². The molecule has 2 atom stereocenters. The van der Waals surface area contributed by atoms with Crippen LogP contribution in [0.4, 0.5) is 10.6 Å². The number of ether oxygens (including phenoxy) is 1. The number of aryl methyl sites for hydroxylation is 2. The van der Waals surface area contributed by atoms with Crippen LogP contribution in [0.5, 0.6) is 5.88 Å². The predicted molar refractivity (Wildman–Crippen MR) is 140 cm³/mol. The molecule has 198 valence electrons. The van der Waals surface area contributed by atoms with Crippen LogP contribution in [0.1, 0.15) is 79.6 Å². The molecule has 1 fully saturated rings. The first kappa shape index (κ1) is 26.9. The molecule has 1 saturated carbocycles. The maximum absolute atomic E-state index is 12.3. The zero-order valence-electron chi connectivity index (χ0n) is 22.3. The number of aromatic nitrogens is 5. The fraction of sp³-hybridized carbons (Fsp3) is 0.538. The van der Waals surface area contributed by atoms with Crippen molar-refractivity contribution in [3.05, 3.63) is 51.0 Å². The Bertz CT molecular complexity index is 1280. The summed E-state index contributed by atoms with van der Waals surface area (Å²) in [5, 5.41) is 29.7. The van der Waals surface area contributed by atoms with Gasteiger partial charge in [-0.15, -0.1) is 10.2 Å². The summed E-state index contributed by atoms with van der Waals surface area (Å²) in [6.45, 7) is 13.5. The van der Waals surface area contributed by atoms with E-state index in [-0.39, 0.29) is 18.4 Å². The van der Waals surface area contributed by atoms with Gasteiger partial charge in [-0.3, -0.25) is 9.88 Å². The molecule has 3 aromatic rings. The Morgan fingerprint density at radius 1 is 1.16 bits per heavy atom. The average Bonchev–Trinajstić information content (AvgIpc) is 3.45. The summed E-state index contributed by atoms with van der Waals surface area (Å²) in [6, 6.07) is 3.88. The molecule has 3 aromatic heterocycles. The molecule has 0 spiro atoms. The van der Waals surface area contributed by atoms with Crippen molar-refractivity contribution >= 4 is 23.2 Å². The number of hydrogen-bond acceptors (Lipinski definition) is 9. The van der Waals surface area contributed by atoms with E-state index in [0.29, 0.717) is 34.7 Å². The Labute approximate surface area is 220 Å². The second-order valence-electron chi connectivity index (χ2n) is 11.1. The number of amides is 1. The molecule has 37 heavy (non-hydrogen) atoms. The molecule has 1 aliphatic carbocycles. The first-order valence-corrected chi connectivity index (χ1v) is 13.1. The quantitative estimate of drug-likeness (QED) is 0.427. The highest BCUT2D eigenvalue weighted by Crippen LogP contribution is 2.47. The molecule has 0 aliphatic heterocycles. The van der Waals surface area contributed by atoms with E-state index in [1.165, 1.54) is 16.2 Å². The topological polar surface area (TPSA) is 134 Å². The lowest BCUT2D eigenvalue weighted by Crippen LogP contribution is -2.33. The lowest BCUT2D eigenvalue weighted by molar-refractivity contribution is 0.0782. The van der Waals surface area contributed by atoms with Gasteiger partial charge in [0.2, 0.25) is 5.88 Å². The van der Waals surface area contributed by atoms with Crippen LogP contribution >= 0.6 is 11.3 Å². The van der Waals surface area contributed by atoms with Gasteiger partial charge < -0.3 is 14.9 Å². The minimum atomic E-state index is -1.13. The molecule has 0 radical (unpaired) electrons. The number of rotatable bonds is 8. The molecule has 10 nitrogen and oxygen atoms in total. The zero-order valence-corrected chi connectivity index (χ0v) is 23.1. The van der Waals surface area contributed by atoms with Crippen LogP contribution in [0.2, 0.25) is 0 Å². The van der Waals surface area contributed by atoms with Gasteiger partial charge in [-0.25, -0.2) is 9.78 Å². The molecule has 2 N–H and O–H groups in total. The van der Waals surface area contributed by atoms with Crippen LogP contribution in [0.25, 0.3) is 0 Å². The minimum Gasteiger partial charge on any atom is -0.477 e. The van der Waals surface area contributed by atoms with Crippen molar-refractivity contribution in [3.63, 3.8) is 0 Å². The van der Waals surface area contributed by atoms with Gasteiger partial charge in [-0.05, 0) is 45.6 Å². The van der Waals surface area contributed by atoms with Gasteiger partial charge in [0.05, 0.1) is 24.3 Å². The molecule has 1 aliphatic rings. The van der Waals surface area contributed by atoms with Crippen LogP contribution in [0, 0.1) is 19.8 Å². The number of pyridine rings is 1. The number of carboxylic acid groups (broad SMARTS) is 1. The summed E-state index contributed by atoms with van der Waals surface area (Å²) >= 11 is 1.35. The van der Waals surface area contributed by atoms with Crippen LogP contribution < -0.4 is 9.64 Å². The zero-order chi connectivity index (χ0) is 27.1. The SMILES string of the molecule is Cc1nc(OC[C@H]2C[C@@H]2c2ccc(C(C)(C)O)cn2)c(C(C)(C)C)c(N(Cc2nnc(C)s2)C(=O)O)n1. The molecule has 4 rings (SSSR count). The van der Waals surface area contributed by atoms with E-state index in [2.05, 4.69) is 25.1 Å². The van der Waals surface area contributed by atoms with Gasteiger partial charge in [-0.2, -0.15) is 4.98 Å². The molecule has 0 unspecified atom stereocenters. The Morgan fingerprint density at radius 2 is 1.89 bits per heavy atom. The largest absolute Gasteiger partial charge is 0.477 e. The van der Waals surface area contributed by atoms with Gasteiger partial charge >= 0.3 is 6.09 Å². The highest BCUT2D eigenvalue weighted by molar-refractivity contribution is 7.11. The van der Waals surface area contributed by atoms with Crippen molar-refractivity contribution in [2.75, 3.05) is 11.5 Å². The third-order valence-electron chi connectivity index (χ3n) is 6.30. The van der Waals surface area contributed by atoms with Gasteiger partial charge in [0.15, 0.2) is 0 Å². The standard InChI is InChI=1S/C26H34N6O4S/c1-14-28-22(32(24(33)34)12-20-31-30-15(2)37-20)21(25(3,4)5)23(29-14)36-13-16-10-18(16)19-9-8-17(11-27-19)26(6,7)35/h8-9,11,16,18,35H,10,12-13H2,1-7H3,(H,33,34)/t16-,18+/m1/s1. The first-order chi connectivity index (χ1) is 17.2. The summed E-state index contributed by atoms with van der Waals surface area (Å²) < 4.78 is 6.26. The van der Waals surface area contributed by atoms with Gasteiger partial charge in [0.25, 0.3) is 0 Å². The van der Waals surface area contributed by atoms with Crippen molar-refractivity contribution in [1.82, 2.24) is 25.1 Å². The van der Waals surface area contributed by atoms with E-state index in [0.717, 1.165) is 22.7 Å². The Kier molecular flexibility index (Phi) is 7.22. The molecule has 3 heterocycles. The van der Waals surface area contributed by atoms with E-state index in [4.69, 9.17) is 4.74 Å². The van der Waals surface area contributed by atoms with E-state index < -0.39 is 17.1 Å². The fourth-order valence-electron chi connectivity index (χ4n) is 4.22. The number of aliphatic hydroxyl groups is 1. The van der Waals surface area contributed by atoms with E-state index >= 15 is 0 Å². The Morgan fingerprint density at radius 3 is 2.43 bits per heavy atom. The molecule has 0 saturated heterocycles. The summed E-state index contributed by atoms with van der Waals surface area (Å²) in [5.74, 6) is 1.66. The summed E-state index contributed by atoms with van der Waals surface area (Å²) in [5.41, 5.74) is 0.964. The van der Waals surface area contributed by atoms with Gasteiger partial charge in [0, 0.05) is 29.3 Å². The van der Waals surface area contributed by atoms with Gasteiger partial charge in [0.1, 0.15) is 21.7 Å². The van der Waals surface area contributed by atoms with Crippen molar-refractivity contribution in [2.45, 2.75) is 78.4 Å². The predicted octanol–water partition coefficient (Wildman–Crippen LogP) is 4.73. The smallest absolute Gasteiger partial charge is 0.413 e. The molecular weight excluding hydrogens is 492 g/mol. The van der Waals surface area contributed by atoms with Crippen molar-refractivity contribution in [3.8, 4) is 5.88 Å². The monoisotopic (exact) mass is 526 g/mol. The van der Waals surface area contributed by atoms with E-state index in [1.54, 1.807) is 27.0 Å². The van der Waals surface area contributed by atoms with Crippen LogP contribution in [-0.4, -0.2) is 48.1 Å². The molecular formula is C26H34N6O4S. The highest BCUT2D eigenvalue weighted by Gasteiger charge is 2.41. The molecule has 11 heteroatoms. The Balaban J connectivity index is 1.57. The first-order valence-electron chi connectivity index (χ1n) is 12.2. The van der Waals surface area contributed by atoms with Crippen molar-refractivity contribution in [1.29, 1.82) is 0 Å². The average molecular weight is 527 g/mol. The van der Waals surface area contributed by atoms with E-state index in [9.17, 15) is 15.0 Å². The molecule has 0 bridgehead atoms. The fourth-order valence-corrected chi connectivity index (χ4v) is 4.92. The molecule has 0 aromatic carbocycles. The van der Waals surface area contributed by atoms with E-state index in [1.807, 2.05) is 39.8 Å². The van der Waals surface area contributed by atoms with Crippen molar-refractivity contribution < 1.29 is 19.7 Å². The summed E-state index contributed by atoms with van der Waals surface area (Å²) in [4.78, 5) is 27.2. The number of hydrogen-bond donors (Lipinski definition) is 2. The molecule has 1 amide bonds. The maximum Gasteiger partial charge on any atom is 0.413 e. The number of carbonyl (C=O) groups is 1. The second kappa shape index (κ2) is 9.94. The lowest BCUT2D eigenvalue weighted by Gasteiger charge is -2.28. The summed E-state index contributed by atoms with van der Waals surface area (Å²) in [6.07, 6.45) is 1.53. The van der Waals surface area contributed by atoms with Crippen LogP contribution in [-0.2, 0) is 17.6 Å². The highest BCUT2D eigenvalue weighted by atomic mass is 32.1. The Hall–Kier alpha value is -3.18. The van der Waals surface area contributed by atoms with Crippen molar-refractivity contribution in [2.24, 2.45) is 5.92 Å². The second-order valence-corrected chi connectivity index (χ2v) is 12.3. The number of anilines is 1. The third-order valence-corrected chi connectivity index (χ3v) is 7.12. The maximum atomic E-state index is 12.3. The van der Waals surface area contributed by atoms with Gasteiger partial charge in [-0.1, -0.05) is 38.2 Å². The summed E-state index contributed by atoms with van der Waals surface area (Å²) in [7, 11) is 0. The normalized spacial score (nSPS) is 17.5. The number of nitrogens with zero attached hydrogens (tertiary/aromatic N) is 6. The minimum absolute atomic E-state index is 0.0385. The third kappa shape index (κ3) is 6.22. The lowest BCUT2D eigenvalue weighted by atomic mass is 9.87. The van der Waals surface area contributed by atoms with Crippen LogP contribution in [0.3, 0.4) is 0 Å².